The summed E-state index contributed by atoms with van der Waals surface area (Å²) in [4.78, 5) is 8.73. The van der Waals surface area contributed by atoms with Crippen molar-refractivity contribution in [3.05, 3.63) is 47.7 Å². The molecule has 2 atom stereocenters. The third kappa shape index (κ3) is 3.96. The van der Waals surface area contributed by atoms with Gasteiger partial charge in [0.05, 0.1) is 11.1 Å². The SMILES string of the molecule is Cc1cc(Nc2cc3cc(-c4c(O[C@@H]5CN[C@H](C)C5)noc4C)ccn3n2)nc(C)n1. The van der Waals surface area contributed by atoms with Crippen LogP contribution in [0.3, 0.4) is 0 Å². The van der Waals surface area contributed by atoms with Crippen LogP contribution in [0.2, 0.25) is 0 Å². The molecule has 0 aliphatic carbocycles. The summed E-state index contributed by atoms with van der Waals surface area (Å²) in [6.07, 6.45) is 2.96. The summed E-state index contributed by atoms with van der Waals surface area (Å²) in [7, 11) is 0. The zero-order valence-electron chi connectivity index (χ0n) is 18.0. The van der Waals surface area contributed by atoms with Gasteiger partial charge in [0.2, 0.25) is 0 Å². The van der Waals surface area contributed by atoms with E-state index in [-0.39, 0.29) is 6.10 Å². The molecule has 0 aromatic carbocycles. The van der Waals surface area contributed by atoms with E-state index in [4.69, 9.17) is 9.26 Å². The highest BCUT2D eigenvalue weighted by molar-refractivity contribution is 5.75. The minimum Gasteiger partial charge on any atom is -0.470 e. The molecule has 1 fully saturated rings. The van der Waals surface area contributed by atoms with Crippen LogP contribution < -0.4 is 15.4 Å². The number of anilines is 2. The Morgan fingerprint density at radius 3 is 2.81 bits per heavy atom. The Balaban J connectivity index is 1.43. The molecule has 1 aliphatic rings. The van der Waals surface area contributed by atoms with Crippen LogP contribution in [0, 0.1) is 20.8 Å². The number of ether oxygens (including phenoxy) is 1. The van der Waals surface area contributed by atoms with Crippen LogP contribution in [0.15, 0.2) is 35.0 Å². The van der Waals surface area contributed by atoms with Crippen molar-refractivity contribution >= 4 is 17.2 Å². The third-order valence-corrected chi connectivity index (χ3v) is 5.39. The Hall–Kier alpha value is -3.46. The Morgan fingerprint density at radius 1 is 1.16 bits per heavy atom. The molecule has 0 saturated carbocycles. The molecule has 2 N–H and O–H groups in total. The lowest BCUT2D eigenvalue weighted by Gasteiger charge is -2.11. The normalized spacial score (nSPS) is 18.6. The Labute approximate surface area is 179 Å². The molecule has 4 aromatic heterocycles. The highest BCUT2D eigenvalue weighted by atomic mass is 16.5. The highest BCUT2D eigenvalue weighted by Gasteiger charge is 2.26. The first-order valence-corrected chi connectivity index (χ1v) is 10.4. The van der Waals surface area contributed by atoms with E-state index in [9.17, 15) is 0 Å². The minimum atomic E-state index is 0.0903. The van der Waals surface area contributed by atoms with Gasteiger partial charge in [0.25, 0.3) is 5.88 Å². The number of aromatic nitrogens is 5. The maximum atomic E-state index is 6.15. The summed E-state index contributed by atoms with van der Waals surface area (Å²) < 4.78 is 13.4. The third-order valence-electron chi connectivity index (χ3n) is 5.39. The number of hydrogen-bond donors (Lipinski definition) is 2. The standard InChI is InChI=1S/C22H25N7O2/c1-12-7-18(11-23-12)30-22-21(14(3)31-28-22)16-5-6-29-17(9-16)10-20(27-29)26-19-8-13(2)24-15(4)25-19/h5-6,8-10,12,18,23H,7,11H2,1-4H3,(H,24,25,26,27)/t12-,18+/m1/s1. The molecule has 31 heavy (non-hydrogen) atoms. The highest BCUT2D eigenvalue weighted by Crippen LogP contribution is 2.35. The number of hydrogen-bond acceptors (Lipinski definition) is 8. The quantitative estimate of drug-likeness (QED) is 0.506. The second-order valence-corrected chi connectivity index (χ2v) is 8.08. The molecule has 0 radical (unpaired) electrons. The first-order valence-electron chi connectivity index (χ1n) is 10.4. The summed E-state index contributed by atoms with van der Waals surface area (Å²) in [5.74, 6) is 3.41. The van der Waals surface area contributed by atoms with Crippen molar-refractivity contribution in [3.63, 3.8) is 0 Å². The van der Waals surface area contributed by atoms with E-state index < -0.39 is 0 Å². The van der Waals surface area contributed by atoms with Gasteiger partial charge in [-0.3, -0.25) is 0 Å². The second-order valence-electron chi connectivity index (χ2n) is 8.08. The molecule has 5 heterocycles. The van der Waals surface area contributed by atoms with Gasteiger partial charge < -0.3 is 19.9 Å². The fourth-order valence-electron chi connectivity index (χ4n) is 4.02. The van der Waals surface area contributed by atoms with Crippen LogP contribution in [0.25, 0.3) is 16.6 Å². The number of aryl methyl sites for hydroxylation is 3. The van der Waals surface area contributed by atoms with E-state index in [1.165, 1.54) is 0 Å². The molecule has 0 bridgehead atoms. The van der Waals surface area contributed by atoms with E-state index in [1.54, 1.807) is 0 Å². The van der Waals surface area contributed by atoms with Crippen molar-refractivity contribution in [2.75, 3.05) is 11.9 Å². The first-order chi connectivity index (χ1) is 14.9. The van der Waals surface area contributed by atoms with Gasteiger partial charge in [0.1, 0.15) is 23.5 Å². The zero-order valence-corrected chi connectivity index (χ0v) is 18.0. The molecular weight excluding hydrogens is 394 g/mol. The van der Waals surface area contributed by atoms with Gasteiger partial charge in [-0.25, -0.2) is 14.5 Å². The maximum absolute atomic E-state index is 6.15. The number of nitrogens with one attached hydrogen (secondary N) is 2. The van der Waals surface area contributed by atoms with E-state index in [0.29, 0.717) is 17.7 Å². The lowest BCUT2D eigenvalue weighted by Crippen LogP contribution is -2.20. The van der Waals surface area contributed by atoms with Gasteiger partial charge in [-0.2, -0.15) is 5.10 Å². The predicted octanol–water partition coefficient (Wildman–Crippen LogP) is 3.58. The van der Waals surface area contributed by atoms with Gasteiger partial charge in [-0.1, -0.05) is 0 Å². The minimum absolute atomic E-state index is 0.0903. The Kier molecular flexibility index (Phi) is 4.82. The van der Waals surface area contributed by atoms with Crippen molar-refractivity contribution in [1.29, 1.82) is 0 Å². The molecule has 160 valence electrons. The predicted molar refractivity (Wildman–Crippen MR) is 117 cm³/mol. The molecule has 0 spiro atoms. The zero-order chi connectivity index (χ0) is 21.5. The van der Waals surface area contributed by atoms with Crippen molar-refractivity contribution < 1.29 is 9.26 Å². The first kappa shape index (κ1) is 19.5. The average molecular weight is 419 g/mol. The summed E-state index contributed by atoms with van der Waals surface area (Å²) in [5, 5.41) is 15.4. The Bertz CT molecular complexity index is 1230. The van der Waals surface area contributed by atoms with E-state index in [2.05, 4.69) is 43.8 Å². The van der Waals surface area contributed by atoms with Crippen molar-refractivity contribution in [3.8, 4) is 17.0 Å². The molecule has 5 rings (SSSR count). The van der Waals surface area contributed by atoms with E-state index in [1.807, 2.05) is 49.7 Å². The average Bonchev–Trinajstić information content (AvgIpc) is 3.39. The fraction of sp³-hybridized carbons (Fsp3) is 0.364. The summed E-state index contributed by atoms with van der Waals surface area (Å²) >= 11 is 0. The van der Waals surface area contributed by atoms with Gasteiger partial charge in [0.15, 0.2) is 5.82 Å². The van der Waals surface area contributed by atoms with Crippen LogP contribution in [-0.4, -0.2) is 43.4 Å². The van der Waals surface area contributed by atoms with Crippen molar-refractivity contribution in [1.82, 2.24) is 30.1 Å². The lowest BCUT2D eigenvalue weighted by atomic mass is 10.1. The number of rotatable bonds is 5. The van der Waals surface area contributed by atoms with Crippen molar-refractivity contribution in [2.45, 2.75) is 46.3 Å². The van der Waals surface area contributed by atoms with Crippen LogP contribution >= 0.6 is 0 Å². The van der Waals surface area contributed by atoms with Gasteiger partial charge in [-0.15, -0.1) is 0 Å². The van der Waals surface area contributed by atoms with Gasteiger partial charge >= 0.3 is 0 Å². The van der Waals surface area contributed by atoms with E-state index >= 15 is 0 Å². The van der Waals surface area contributed by atoms with Crippen LogP contribution in [0.5, 0.6) is 5.88 Å². The summed E-state index contributed by atoms with van der Waals surface area (Å²) in [6, 6.07) is 8.35. The monoisotopic (exact) mass is 419 g/mol. The smallest absolute Gasteiger partial charge is 0.262 e. The molecule has 0 amide bonds. The summed E-state index contributed by atoms with van der Waals surface area (Å²) in [5.41, 5.74) is 3.69. The second kappa shape index (κ2) is 7.66. The van der Waals surface area contributed by atoms with Crippen LogP contribution in [0.4, 0.5) is 11.6 Å². The molecule has 0 unspecified atom stereocenters. The van der Waals surface area contributed by atoms with Gasteiger partial charge in [0, 0.05) is 43.0 Å². The van der Waals surface area contributed by atoms with E-state index in [0.717, 1.165) is 52.7 Å². The topological polar surface area (TPSA) is 102 Å². The molecular formula is C22H25N7O2. The lowest BCUT2D eigenvalue weighted by molar-refractivity contribution is 0.199. The molecule has 9 heteroatoms. The largest absolute Gasteiger partial charge is 0.470 e. The molecule has 9 nitrogen and oxygen atoms in total. The fourth-order valence-corrected chi connectivity index (χ4v) is 4.02. The van der Waals surface area contributed by atoms with Crippen LogP contribution in [-0.2, 0) is 0 Å². The number of pyridine rings is 1. The van der Waals surface area contributed by atoms with Gasteiger partial charge in [-0.05, 0) is 50.5 Å². The maximum Gasteiger partial charge on any atom is 0.262 e. The Morgan fingerprint density at radius 2 is 2.03 bits per heavy atom. The summed E-state index contributed by atoms with van der Waals surface area (Å²) in [6.45, 7) is 8.68. The molecule has 1 saturated heterocycles. The molecule has 1 aliphatic heterocycles. The molecule has 4 aromatic rings. The number of nitrogens with zero attached hydrogens (tertiary/aromatic N) is 5. The van der Waals surface area contributed by atoms with Crippen LogP contribution in [0.1, 0.15) is 30.6 Å². The number of fused-ring (bicyclic) bond motifs is 1. The van der Waals surface area contributed by atoms with Crippen molar-refractivity contribution in [2.24, 2.45) is 0 Å².